The van der Waals surface area contributed by atoms with Crippen LogP contribution in [-0.4, -0.2) is 37.4 Å². The topological polar surface area (TPSA) is 63.4 Å². The summed E-state index contributed by atoms with van der Waals surface area (Å²) < 4.78 is 1.78. The van der Waals surface area contributed by atoms with Gasteiger partial charge < -0.3 is 4.90 Å². The number of tetrazole rings is 1. The van der Waals surface area contributed by atoms with Crippen molar-refractivity contribution in [2.75, 3.05) is 6.54 Å². The first-order valence-corrected chi connectivity index (χ1v) is 11.0. The zero-order valence-corrected chi connectivity index (χ0v) is 17.9. The molecular formula is C24H21N5OS. The molecule has 3 aromatic heterocycles. The van der Waals surface area contributed by atoms with Crippen LogP contribution in [0.1, 0.15) is 26.4 Å². The maximum Gasteiger partial charge on any atom is 0.264 e. The van der Waals surface area contributed by atoms with E-state index in [4.69, 9.17) is 0 Å². The Kier molecular flexibility index (Phi) is 5.18. The van der Waals surface area contributed by atoms with Crippen molar-refractivity contribution < 1.29 is 4.79 Å². The fraction of sp³-hybridized carbons (Fsp3) is 0.167. The number of carbonyl (C=O) groups excluding carboxylic acids is 1. The standard InChI is InChI=1S/C24H21N5OS/c1-17-7-5-10-19-15-20(23-25-26-27-29(23)22(17)19)16-28(24(30)21-11-6-14-31-21)13-12-18-8-3-2-4-9-18/h2-11,14-15H,12-13,16H2,1H3. The Labute approximate surface area is 183 Å². The van der Waals surface area contributed by atoms with Gasteiger partial charge in [-0.3, -0.25) is 4.79 Å². The van der Waals surface area contributed by atoms with E-state index in [1.807, 2.05) is 46.7 Å². The molecule has 0 unspecified atom stereocenters. The lowest BCUT2D eigenvalue weighted by Gasteiger charge is -2.23. The van der Waals surface area contributed by atoms with Gasteiger partial charge in [-0.1, -0.05) is 54.6 Å². The summed E-state index contributed by atoms with van der Waals surface area (Å²) in [6, 6.07) is 22.3. The second kappa shape index (κ2) is 8.28. The van der Waals surface area contributed by atoms with E-state index in [0.29, 0.717) is 18.7 Å². The first kappa shape index (κ1) is 19.4. The number of benzene rings is 2. The molecule has 1 amide bonds. The Bertz CT molecular complexity index is 1340. The van der Waals surface area contributed by atoms with Crippen LogP contribution >= 0.6 is 11.3 Å². The highest BCUT2D eigenvalue weighted by molar-refractivity contribution is 7.12. The summed E-state index contributed by atoms with van der Waals surface area (Å²) in [5, 5.41) is 15.4. The van der Waals surface area contributed by atoms with Gasteiger partial charge in [-0.25, -0.2) is 0 Å². The largest absolute Gasteiger partial charge is 0.333 e. The maximum absolute atomic E-state index is 13.3. The van der Waals surface area contributed by atoms with Gasteiger partial charge in [-0.05, 0) is 52.4 Å². The van der Waals surface area contributed by atoms with E-state index in [1.165, 1.54) is 16.9 Å². The molecule has 0 aliphatic heterocycles. The summed E-state index contributed by atoms with van der Waals surface area (Å²) in [7, 11) is 0. The molecule has 0 N–H and O–H groups in total. The van der Waals surface area contributed by atoms with Crippen molar-refractivity contribution in [1.82, 2.24) is 24.9 Å². The van der Waals surface area contributed by atoms with Crippen LogP contribution in [0, 0.1) is 6.92 Å². The van der Waals surface area contributed by atoms with Crippen molar-refractivity contribution in [2.24, 2.45) is 0 Å². The van der Waals surface area contributed by atoms with Crippen LogP contribution in [0.25, 0.3) is 16.6 Å². The van der Waals surface area contributed by atoms with Crippen LogP contribution < -0.4 is 0 Å². The third kappa shape index (κ3) is 3.80. The summed E-state index contributed by atoms with van der Waals surface area (Å²) in [6.45, 7) is 3.10. The van der Waals surface area contributed by atoms with Crippen molar-refractivity contribution in [1.29, 1.82) is 0 Å². The monoisotopic (exact) mass is 427 g/mol. The molecule has 0 aliphatic carbocycles. The van der Waals surface area contributed by atoms with Crippen molar-refractivity contribution in [2.45, 2.75) is 19.9 Å². The number of aromatic nitrogens is 4. The minimum atomic E-state index is 0.0286. The van der Waals surface area contributed by atoms with Crippen LogP contribution in [0.15, 0.2) is 72.1 Å². The van der Waals surface area contributed by atoms with E-state index < -0.39 is 0 Å². The van der Waals surface area contributed by atoms with E-state index >= 15 is 0 Å². The summed E-state index contributed by atoms with van der Waals surface area (Å²) in [5.74, 6) is 0.0286. The second-order valence-electron chi connectivity index (χ2n) is 7.54. The predicted molar refractivity (Wildman–Crippen MR) is 122 cm³/mol. The molecule has 5 aromatic rings. The first-order chi connectivity index (χ1) is 15.2. The highest BCUT2D eigenvalue weighted by Gasteiger charge is 2.20. The normalized spacial score (nSPS) is 11.3. The lowest BCUT2D eigenvalue weighted by atomic mass is 10.1. The van der Waals surface area contributed by atoms with E-state index in [-0.39, 0.29) is 5.91 Å². The fourth-order valence-electron chi connectivity index (χ4n) is 3.92. The number of fused-ring (bicyclic) bond motifs is 3. The van der Waals surface area contributed by atoms with E-state index in [9.17, 15) is 4.79 Å². The van der Waals surface area contributed by atoms with Gasteiger partial charge in [0.2, 0.25) is 0 Å². The highest BCUT2D eigenvalue weighted by Crippen LogP contribution is 2.24. The number of para-hydroxylation sites is 1. The number of amides is 1. The molecular weight excluding hydrogens is 406 g/mol. The number of rotatable bonds is 6. The highest BCUT2D eigenvalue weighted by atomic mass is 32.1. The smallest absolute Gasteiger partial charge is 0.264 e. The summed E-state index contributed by atoms with van der Waals surface area (Å²) in [6.07, 6.45) is 0.784. The van der Waals surface area contributed by atoms with Gasteiger partial charge in [0.15, 0.2) is 5.65 Å². The first-order valence-electron chi connectivity index (χ1n) is 10.2. The zero-order valence-electron chi connectivity index (χ0n) is 17.1. The van der Waals surface area contributed by atoms with Gasteiger partial charge in [0.25, 0.3) is 5.91 Å². The molecule has 0 aliphatic rings. The minimum Gasteiger partial charge on any atom is -0.333 e. The molecule has 2 aromatic carbocycles. The molecule has 7 heteroatoms. The third-order valence-electron chi connectivity index (χ3n) is 5.46. The van der Waals surface area contributed by atoms with Gasteiger partial charge in [0.05, 0.1) is 10.4 Å². The Morgan fingerprint density at radius 3 is 2.74 bits per heavy atom. The van der Waals surface area contributed by atoms with Gasteiger partial charge >= 0.3 is 0 Å². The van der Waals surface area contributed by atoms with Crippen molar-refractivity contribution in [3.05, 3.63) is 93.7 Å². The fourth-order valence-corrected chi connectivity index (χ4v) is 4.61. The summed E-state index contributed by atoms with van der Waals surface area (Å²) in [5.41, 5.74) is 4.92. The molecule has 0 saturated heterocycles. The van der Waals surface area contributed by atoms with E-state index in [2.05, 4.69) is 52.8 Å². The Balaban J connectivity index is 1.53. The number of hydrogen-bond acceptors (Lipinski definition) is 5. The van der Waals surface area contributed by atoms with Crippen molar-refractivity contribution in [3.63, 3.8) is 0 Å². The summed E-state index contributed by atoms with van der Waals surface area (Å²) >= 11 is 1.46. The molecule has 0 radical (unpaired) electrons. The van der Waals surface area contributed by atoms with Crippen LogP contribution in [0.5, 0.6) is 0 Å². The SMILES string of the molecule is Cc1cccc2cc(CN(CCc3ccccc3)C(=O)c3cccs3)c3nnnn3c12. The molecule has 3 heterocycles. The van der Waals surface area contributed by atoms with Crippen LogP contribution in [0.3, 0.4) is 0 Å². The van der Waals surface area contributed by atoms with E-state index in [1.54, 1.807) is 4.52 Å². The van der Waals surface area contributed by atoms with Gasteiger partial charge in [-0.15, -0.1) is 16.4 Å². The molecule has 0 saturated carbocycles. The molecule has 0 fully saturated rings. The minimum absolute atomic E-state index is 0.0286. The Morgan fingerprint density at radius 1 is 1.06 bits per heavy atom. The second-order valence-corrected chi connectivity index (χ2v) is 8.48. The lowest BCUT2D eigenvalue weighted by molar-refractivity contribution is 0.0750. The number of hydrogen-bond donors (Lipinski definition) is 0. The number of nitrogens with zero attached hydrogens (tertiary/aromatic N) is 5. The molecule has 0 bridgehead atoms. The third-order valence-corrected chi connectivity index (χ3v) is 6.32. The maximum atomic E-state index is 13.3. The lowest BCUT2D eigenvalue weighted by Crippen LogP contribution is -2.32. The van der Waals surface area contributed by atoms with E-state index in [0.717, 1.165) is 33.3 Å². The van der Waals surface area contributed by atoms with Gasteiger partial charge in [0.1, 0.15) is 0 Å². The molecule has 31 heavy (non-hydrogen) atoms. The van der Waals surface area contributed by atoms with Crippen molar-refractivity contribution >= 4 is 33.8 Å². The summed E-state index contributed by atoms with van der Waals surface area (Å²) in [4.78, 5) is 15.9. The number of aryl methyl sites for hydroxylation is 1. The number of thiophene rings is 1. The van der Waals surface area contributed by atoms with Crippen LogP contribution in [0.4, 0.5) is 0 Å². The number of pyridine rings is 1. The average Bonchev–Trinajstić information content (AvgIpc) is 3.49. The Hall–Kier alpha value is -3.58. The molecule has 154 valence electrons. The van der Waals surface area contributed by atoms with Crippen LogP contribution in [-0.2, 0) is 13.0 Å². The van der Waals surface area contributed by atoms with Gasteiger partial charge in [0, 0.05) is 24.0 Å². The quantitative estimate of drug-likeness (QED) is 0.399. The number of carbonyl (C=O) groups is 1. The molecule has 0 spiro atoms. The molecule has 5 rings (SSSR count). The Morgan fingerprint density at radius 2 is 1.94 bits per heavy atom. The van der Waals surface area contributed by atoms with Gasteiger partial charge in [-0.2, -0.15) is 4.52 Å². The molecule has 0 atom stereocenters. The zero-order chi connectivity index (χ0) is 21.2. The average molecular weight is 428 g/mol. The predicted octanol–water partition coefficient (Wildman–Crippen LogP) is 4.53. The van der Waals surface area contributed by atoms with Crippen LogP contribution in [0.2, 0.25) is 0 Å². The van der Waals surface area contributed by atoms with Crippen molar-refractivity contribution in [3.8, 4) is 0 Å². The molecule has 6 nitrogen and oxygen atoms in total.